The molecule has 0 saturated carbocycles. The summed E-state index contributed by atoms with van der Waals surface area (Å²) in [6, 6.07) is 0. The van der Waals surface area contributed by atoms with E-state index >= 15 is 0 Å². The van der Waals surface area contributed by atoms with Crippen LogP contribution < -0.4 is 0 Å². The lowest BCUT2D eigenvalue weighted by atomic mass is 10.1. The van der Waals surface area contributed by atoms with Gasteiger partial charge in [0, 0.05) is 6.20 Å². The standard InChI is InChI=1S/C8H6F3NO2/c1-14-8(13)4-2-12-3-5(9)6(4)7(10)11/h2-3,7H,1H3. The average Bonchev–Trinajstić information content (AvgIpc) is 2.15. The first-order valence-corrected chi connectivity index (χ1v) is 3.57. The number of nitrogens with zero attached hydrogens (tertiary/aromatic N) is 1. The molecule has 6 heteroatoms. The van der Waals surface area contributed by atoms with Crippen molar-refractivity contribution in [2.24, 2.45) is 0 Å². The summed E-state index contributed by atoms with van der Waals surface area (Å²) in [7, 11) is 1.02. The van der Waals surface area contributed by atoms with Gasteiger partial charge in [-0.25, -0.2) is 18.0 Å². The third-order valence-electron chi connectivity index (χ3n) is 1.56. The van der Waals surface area contributed by atoms with E-state index in [1.807, 2.05) is 0 Å². The number of alkyl halides is 2. The van der Waals surface area contributed by atoms with E-state index in [9.17, 15) is 18.0 Å². The van der Waals surface area contributed by atoms with Gasteiger partial charge in [0.05, 0.1) is 24.4 Å². The smallest absolute Gasteiger partial charge is 0.340 e. The number of ether oxygens (including phenoxy) is 1. The SMILES string of the molecule is COC(=O)c1cncc(F)c1C(F)F. The molecular weight excluding hydrogens is 199 g/mol. The average molecular weight is 205 g/mol. The number of pyridine rings is 1. The van der Waals surface area contributed by atoms with E-state index in [0.717, 1.165) is 13.3 Å². The number of carbonyl (C=O) groups is 1. The second kappa shape index (κ2) is 4.08. The maximum Gasteiger partial charge on any atom is 0.340 e. The van der Waals surface area contributed by atoms with Crippen molar-refractivity contribution >= 4 is 5.97 Å². The Hall–Kier alpha value is -1.59. The van der Waals surface area contributed by atoms with Crippen LogP contribution in [0.2, 0.25) is 0 Å². The lowest BCUT2D eigenvalue weighted by Crippen LogP contribution is -2.08. The molecule has 1 aromatic heterocycles. The van der Waals surface area contributed by atoms with Gasteiger partial charge in [-0.2, -0.15) is 0 Å². The molecule has 0 radical (unpaired) electrons. The molecule has 0 unspecified atom stereocenters. The molecule has 0 aliphatic carbocycles. The van der Waals surface area contributed by atoms with Crippen molar-refractivity contribution in [2.75, 3.05) is 7.11 Å². The molecule has 0 saturated heterocycles. The van der Waals surface area contributed by atoms with Gasteiger partial charge in [-0.05, 0) is 0 Å². The third-order valence-corrected chi connectivity index (χ3v) is 1.56. The third kappa shape index (κ3) is 1.84. The molecule has 1 aromatic rings. The highest BCUT2D eigenvalue weighted by molar-refractivity contribution is 5.90. The van der Waals surface area contributed by atoms with Crippen LogP contribution in [0.5, 0.6) is 0 Å². The second-order valence-corrected chi connectivity index (χ2v) is 2.37. The van der Waals surface area contributed by atoms with E-state index in [-0.39, 0.29) is 0 Å². The minimum atomic E-state index is -3.08. The Kier molecular flexibility index (Phi) is 3.06. The molecule has 0 aromatic carbocycles. The van der Waals surface area contributed by atoms with Crippen molar-refractivity contribution in [1.29, 1.82) is 0 Å². The van der Waals surface area contributed by atoms with Gasteiger partial charge in [0.2, 0.25) is 0 Å². The lowest BCUT2D eigenvalue weighted by molar-refractivity contribution is 0.0586. The fourth-order valence-corrected chi connectivity index (χ4v) is 0.939. The zero-order valence-corrected chi connectivity index (χ0v) is 7.13. The van der Waals surface area contributed by atoms with Crippen LogP contribution in [0.1, 0.15) is 22.3 Å². The molecule has 0 fully saturated rings. The zero-order chi connectivity index (χ0) is 10.7. The van der Waals surface area contributed by atoms with Crippen LogP contribution >= 0.6 is 0 Å². The Bertz CT molecular complexity index is 354. The summed E-state index contributed by atoms with van der Waals surface area (Å²) < 4.78 is 41.7. The molecule has 3 nitrogen and oxygen atoms in total. The van der Waals surface area contributed by atoms with Crippen LogP contribution in [0.15, 0.2) is 12.4 Å². The summed E-state index contributed by atoms with van der Waals surface area (Å²) >= 11 is 0. The van der Waals surface area contributed by atoms with Crippen LogP contribution in [0.25, 0.3) is 0 Å². The second-order valence-electron chi connectivity index (χ2n) is 2.37. The van der Waals surface area contributed by atoms with Crippen molar-refractivity contribution in [3.8, 4) is 0 Å². The fourth-order valence-electron chi connectivity index (χ4n) is 0.939. The minimum Gasteiger partial charge on any atom is -0.465 e. The molecule has 0 amide bonds. The quantitative estimate of drug-likeness (QED) is 0.692. The van der Waals surface area contributed by atoms with Crippen molar-refractivity contribution in [2.45, 2.75) is 6.43 Å². The Morgan fingerprint density at radius 1 is 1.50 bits per heavy atom. The first kappa shape index (κ1) is 10.5. The van der Waals surface area contributed by atoms with E-state index in [2.05, 4.69) is 9.72 Å². The molecule has 1 rings (SSSR count). The molecule has 0 aliphatic rings. The first-order chi connectivity index (χ1) is 6.57. The maximum atomic E-state index is 12.8. The largest absolute Gasteiger partial charge is 0.465 e. The van der Waals surface area contributed by atoms with Crippen molar-refractivity contribution in [3.63, 3.8) is 0 Å². The summed E-state index contributed by atoms with van der Waals surface area (Å²) in [5.41, 5.74) is -1.53. The Morgan fingerprint density at radius 2 is 2.14 bits per heavy atom. The van der Waals surface area contributed by atoms with Gasteiger partial charge in [0.1, 0.15) is 0 Å². The van der Waals surface area contributed by atoms with Crippen molar-refractivity contribution in [1.82, 2.24) is 4.98 Å². The molecule has 0 N–H and O–H groups in total. The van der Waals surface area contributed by atoms with Crippen molar-refractivity contribution < 1.29 is 22.7 Å². The number of esters is 1. The summed E-state index contributed by atoms with van der Waals surface area (Å²) in [6.07, 6.45) is -1.61. The summed E-state index contributed by atoms with van der Waals surface area (Å²) in [5, 5.41) is 0. The molecule has 0 bridgehead atoms. The number of hydrogen-bond acceptors (Lipinski definition) is 3. The predicted octanol–water partition coefficient (Wildman–Crippen LogP) is 1.94. The highest BCUT2D eigenvalue weighted by atomic mass is 19.3. The van der Waals surface area contributed by atoms with Gasteiger partial charge in [-0.15, -0.1) is 0 Å². The molecular formula is C8H6F3NO2. The van der Waals surface area contributed by atoms with E-state index in [4.69, 9.17) is 0 Å². The van der Waals surface area contributed by atoms with Gasteiger partial charge in [-0.1, -0.05) is 0 Å². The monoisotopic (exact) mass is 205 g/mol. The summed E-state index contributed by atoms with van der Waals surface area (Å²) in [6.45, 7) is 0. The van der Waals surface area contributed by atoms with Gasteiger partial charge < -0.3 is 4.74 Å². The van der Waals surface area contributed by atoms with Crippen LogP contribution in [-0.2, 0) is 4.74 Å². The number of rotatable bonds is 2. The first-order valence-electron chi connectivity index (χ1n) is 3.57. The highest BCUT2D eigenvalue weighted by Gasteiger charge is 2.23. The minimum absolute atomic E-state index is 0.553. The van der Waals surface area contributed by atoms with E-state index in [1.165, 1.54) is 0 Å². The van der Waals surface area contributed by atoms with Gasteiger partial charge in [0.25, 0.3) is 6.43 Å². The van der Waals surface area contributed by atoms with Gasteiger partial charge in [-0.3, -0.25) is 4.98 Å². The molecule has 0 spiro atoms. The van der Waals surface area contributed by atoms with E-state index in [0.29, 0.717) is 6.20 Å². The van der Waals surface area contributed by atoms with Crippen LogP contribution in [-0.4, -0.2) is 18.1 Å². The lowest BCUT2D eigenvalue weighted by Gasteiger charge is -2.06. The number of methoxy groups -OCH3 is 1. The van der Waals surface area contributed by atoms with Crippen LogP contribution in [0.3, 0.4) is 0 Å². The number of aromatic nitrogens is 1. The maximum absolute atomic E-state index is 12.8. The molecule has 1 heterocycles. The summed E-state index contributed by atoms with van der Waals surface area (Å²) in [4.78, 5) is 14.2. The van der Waals surface area contributed by atoms with E-state index in [1.54, 1.807) is 0 Å². The normalized spacial score (nSPS) is 10.4. The molecule has 76 valence electrons. The number of hydrogen-bond donors (Lipinski definition) is 0. The number of carbonyl (C=O) groups excluding carboxylic acids is 1. The highest BCUT2D eigenvalue weighted by Crippen LogP contribution is 2.25. The predicted molar refractivity (Wildman–Crippen MR) is 40.5 cm³/mol. The molecule has 14 heavy (non-hydrogen) atoms. The van der Waals surface area contributed by atoms with Crippen molar-refractivity contribution in [3.05, 3.63) is 29.3 Å². The van der Waals surface area contributed by atoms with Gasteiger partial charge >= 0.3 is 5.97 Å². The van der Waals surface area contributed by atoms with Crippen LogP contribution in [0.4, 0.5) is 13.2 Å². The summed E-state index contributed by atoms with van der Waals surface area (Å²) in [5.74, 6) is -2.25. The van der Waals surface area contributed by atoms with E-state index < -0.39 is 29.3 Å². The topological polar surface area (TPSA) is 39.2 Å². The number of halogens is 3. The van der Waals surface area contributed by atoms with Gasteiger partial charge in [0.15, 0.2) is 5.82 Å². The Labute approximate surface area is 77.5 Å². The zero-order valence-electron chi connectivity index (χ0n) is 7.13. The van der Waals surface area contributed by atoms with Crippen LogP contribution in [0, 0.1) is 5.82 Å². The Morgan fingerprint density at radius 3 is 2.64 bits per heavy atom. The molecule has 0 atom stereocenters. The fraction of sp³-hybridized carbons (Fsp3) is 0.250. The Balaban J connectivity index is 3.28. The molecule has 0 aliphatic heterocycles.